The molecule has 0 bridgehead atoms. The van der Waals surface area contributed by atoms with Crippen LogP contribution in [0.2, 0.25) is 0 Å². The van der Waals surface area contributed by atoms with Crippen LogP contribution < -0.4 is 5.32 Å². The fraction of sp³-hybridized carbons (Fsp3) is 0.500. The lowest BCUT2D eigenvalue weighted by molar-refractivity contribution is -0.122. The third kappa shape index (κ3) is 3.09. The number of rotatable bonds is 3. The van der Waals surface area contributed by atoms with Crippen LogP contribution in [0.1, 0.15) is 36.8 Å². The number of nitrogens with one attached hydrogen (secondary N) is 1. The number of halogens is 1. The Balaban J connectivity index is 2.10. The minimum atomic E-state index is 0.0474. The van der Waals surface area contributed by atoms with Crippen molar-refractivity contribution in [3.8, 4) is 0 Å². The molecule has 92 valence electrons. The SMILES string of the molecule is CC(Br)CNC(=O)C1CCCc2ccccc21. The van der Waals surface area contributed by atoms with E-state index in [9.17, 15) is 4.79 Å². The van der Waals surface area contributed by atoms with E-state index in [1.54, 1.807) is 0 Å². The molecule has 0 aromatic heterocycles. The standard InChI is InChI=1S/C14H18BrNO/c1-10(15)9-16-14(17)13-8-4-6-11-5-2-3-7-12(11)13/h2-3,5,7,10,13H,4,6,8-9H2,1H3,(H,16,17). The zero-order valence-electron chi connectivity index (χ0n) is 10.1. The zero-order valence-corrected chi connectivity index (χ0v) is 11.7. The number of fused-ring (bicyclic) bond motifs is 1. The first kappa shape index (κ1) is 12.6. The van der Waals surface area contributed by atoms with E-state index >= 15 is 0 Å². The van der Waals surface area contributed by atoms with Crippen molar-refractivity contribution in [2.45, 2.75) is 36.9 Å². The number of benzene rings is 1. The van der Waals surface area contributed by atoms with Crippen molar-refractivity contribution in [3.05, 3.63) is 35.4 Å². The molecule has 1 aliphatic carbocycles. The lowest BCUT2D eigenvalue weighted by Gasteiger charge is -2.24. The number of aryl methyl sites for hydroxylation is 1. The smallest absolute Gasteiger partial charge is 0.227 e. The van der Waals surface area contributed by atoms with Crippen LogP contribution in [-0.4, -0.2) is 17.3 Å². The molecule has 1 amide bonds. The number of hydrogen-bond acceptors (Lipinski definition) is 1. The molecule has 2 atom stereocenters. The molecule has 0 heterocycles. The average molecular weight is 296 g/mol. The average Bonchev–Trinajstić information content (AvgIpc) is 2.35. The van der Waals surface area contributed by atoms with Crippen LogP contribution in [0.25, 0.3) is 0 Å². The molecule has 1 N–H and O–H groups in total. The topological polar surface area (TPSA) is 29.1 Å². The third-order valence-electron chi connectivity index (χ3n) is 3.24. The van der Waals surface area contributed by atoms with Crippen molar-refractivity contribution < 1.29 is 4.79 Å². The molecule has 0 saturated heterocycles. The predicted octanol–water partition coefficient (Wildman–Crippen LogP) is 3.01. The molecule has 0 aliphatic heterocycles. The summed E-state index contributed by atoms with van der Waals surface area (Å²) in [5.74, 6) is 0.217. The van der Waals surface area contributed by atoms with Gasteiger partial charge in [-0.3, -0.25) is 4.79 Å². The maximum absolute atomic E-state index is 12.1. The van der Waals surface area contributed by atoms with E-state index < -0.39 is 0 Å². The second kappa shape index (κ2) is 5.67. The van der Waals surface area contributed by atoms with Crippen LogP contribution in [0.3, 0.4) is 0 Å². The van der Waals surface area contributed by atoms with Crippen molar-refractivity contribution >= 4 is 21.8 Å². The van der Waals surface area contributed by atoms with Crippen LogP contribution in [0, 0.1) is 0 Å². The Morgan fingerprint density at radius 2 is 2.29 bits per heavy atom. The minimum Gasteiger partial charge on any atom is -0.354 e. The molecule has 0 saturated carbocycles. The van der Waals surface area contributed by atoms with Gasteiger partial charge in [0.15, 0.2) is 0 Å². The van der Waals surface area contributed by atoms with Crippen LogP contribution in [0.4, 0.5) is 0 Å². The van der Waals surface area contributed by atoms with Crippen LogP contribution in [0.5, 0.6) is 0 Å². The maximum atomic E-state index is 12.1. The normalized spacial score (nSPS) is 20.5. The minimum absolute atomic E-state index is 0.0474. The van der Waals surface area contributed by atoms with E-state index in [1.165, 1.54) is 11.1 Å². The van der Waals surface area contributed by atoms with E-state index in [4.69, 9.17) is 0 Å². The molecule has 2 unspecified atom stereocenters. The number of carbonyl (C=O) groups is 1. The Morgan fingerprint density at radius 3 is 3.06 bits per heavy atom. The maximum Gasteiger partial charge on any atom is 0.227 e. The zero-order chi connectivity index (χ0) is 12.3. The van der Waals surface area contributed by atoms with Gasteiger partial charge in [-0.05, 0) is 30.4 Å². The van der Waals surface area contributed by atoms with E-state index in [0.29, 0.717) is 11.4 Å². The summed E-state index contributed by atoms with van der Waals surface area (Å²) in [5, 5.41) is 3.01. The van der Waals surface area contributed by atoms with Crippen LogP contribution in [0.15, 0.2) is 24.3 Å². The molecular formula is C14H18BrNO. The van der Waals surface area contributed by atoms with Gasteiger partial charge in [-0.15, -0.1) is 0 Å². The summed E-state index contributed by atoms with van der Waals surface area (Å²) in [6.07, 6.45) is 3.19. The monoisotopic (exact) mass is 295 g/mol. The Hall–Kier alpha value is -0.830. The Kier molecular flexibility index (Phi) is 4.21. The molecule has 2 rings (SSSR count). The molecule has 1 aliphatic rings. The van der Waals surface area contributed by atoms with Gasteiger partial charge < -0.3 is 5.32 Å². The first-order valence-electron chi connectivity index (χ1n) is 6.18. The summed E-state index contributed by atoms with van der Waals surface area (Å²) >= 11 is 3.44. The highest BCUT2D eigenvalue weighted by atomic mass is 79.9. The van der Waals surface area contributed by atoms with Gasteiger partial charge in [-0.25, -0.2) is 0 Å². The largest absolute Gasteiger partial charge is 0.354 e. The van der Waals surface area contributed by atoms with Crippen LogP contribution >= 0.6 is 15.9 Å². The second-order valence-electron chi connectivity index (χ2n) is 4.67. The second-order valence-corrected chi connectivity index (χ2v) is 6.23. The van der Waals surface area contributed by atoms with E-state index in [2.05, 4.69) is 39.4 Å². The highest BCUT2D eigenvalue weighted by molar-refractivity contribution is 9.09. The highest BCUT2D eigenvalue weighted by Gasteiger charge is 2.25. The van der Waals surface area contributed by atoms with Gasteiger partial charge in [0.25, 0.3) is 0 Å². The molecule has 17 heavy (non-hydrogen) atoms. The molecular weight excluding hydrogens is 278 g/mol. The van der Waals surface area contributed by atoms with E-state index in [-0.39, 0.29) is 11.8 Å². The first-order valence-corrected chi connectivity index (χ1v) is 7.09. The van der Waals surface area contributed by atoms with Crippen LogP contribution in [-0.2, 0) is 11.2 Å². The molecule has 0 radical (unpaired) electrons. The van der Waals surface area contributed by atoms with Crippen molar-refractivity contribution in [3.63, 3.8) is 0 Å². The van der Waals surface area contributed by atoms with Gasteiger partial charge in [0.2, 0.25) is 5.91 Å². The van der Waals surface area contributed by atoms with Gasteiger partial charge >= 0.3 is 0 Å². The van der Waals surface area contributed by atoms with Gasteiger partial charge in [0.05, 0.1) is 5.92 Å². The third-order valence-corrected chi connectivity index (χ3v) is 3.57. The number of hydrogen-bond donors (Lipinski definition) is 1. The molecule has 0 spiro atoms. The number of alkyl halides is 1. The summed E-state index contributed by atoms with van der Waals surface area (Å²) < 4.78 is 0. The molecule has 0 fully saturated rings. The summed E-state index contributed by atoms with van der Waals surface area (Å²) in [4.78, 5) is 12.5. The van der Waals surface area contributed by atoms with Crippen molar-refractivity contribution in [1.29, 1.82) is 0 Å². The molecule has 1 aromatic rings. The van der Waals surface area contributed by atoms with Gasteiger partial charge in [0, 0.05) is 11.4 Å². The lowest BCUT2D eigenvalue weighted by Crippen LogP contribution is -2.34. The summed E-state index contributed by atoms with van der Waals surface area (Å²) in [6, 6.07) is 8.31. The first-order chi connectivity index (χ1) is 8.18. The summed E-state index contributed by atoms with van der Waals surface area (Å²) in [7, 11) is 0. The van der Waals surface area contributed by atoms with Gasteiger partial charge in [-0.2, -0.15) is 0 Å². The fourth-order valence-electron chi connectivity index (χ4n) is 2.39. The Bertz CT molecular complexity index is 403. The number of amides is 1. The highest BCUT2D eigenvalue weighted by Crippen LogP contribution is 2.31. The Labute approximate surface area is 111 Å². The van der Waals surface area contributed by atoms with Gasteiger partial charge in [-0.1, -0.05) is 47.1 Å². The lowest BCUT2D eigenvalue weighted by atomic mass is 9.82. The predicted molar refractivity (Wildman–Crippen MR) is 73.5 cm³/mol. The van der Waals surface area contributed by atoms with Gasteiger partial charge in [0.1, 0.15) is 0 Å². The molecule has 3 heteroatoms. The van der Waals surface area contributed by atoms with E-state index in [0.717, 1.165) is 19.3 Å². The Morgan fingerprint density at radius 1 is 1.53 bits per heavy atom. The summed E-state index contributed by atoms with van der Waals surface area (Å²) in [5.41, 5.74) is 2.56. The summed E-state index contributed by atoms with van der Waals surface area (Å²) in [6.45, 7) is 2.73. The van der Waals surface area contributed by atoms with Crippen molar-refractivity contribution in [2.24, 2.45) is 0 Å². The van der Waals surface area contributed by atoms with Crippen molar-refractivity contribution in [2.75, 3.05) is 6.54 Å². The van der Waals surface area contributed by atoms with Crippen molar-refractivity contribution in [1.82, 2.24) is 5.32 Å². The van der Waals surface area contributed by atoms with E-state index in [1.807, 2.05) is 13.0 Å². The number of carbonyl (C=O) groups excluding carboxylic acids is 1. The fourth-order valence-corrected chi connectivity index (χ4v) is 2.55. The molecule has 2 nitrogen and oxygen atoms in total. The quantitative estimate of drug-likeness (QED) is 0.854. The molecule has 1 aromatic carbocycles.